The van der Waals surface area contributed by atoms with Crippen LogP contribution in [0.15, 0.2) is 60.7 Å². The van der Waals surface area contributed by atoms with E-state index in [1.807, 2.05) is 31.2 Å². The largest absolute Gasteiger partial charge is 0.419 e. The number of halogens is 3. The Bertz CT molecular complexity index is 1520. The van der Waals surface area contributed by atoms with Gasteiger partial charge in [0.1, 0.15) is 17.6 Å². The number of pyridine rings is 1. The lowest BCUT2D eigenvalue weighted by molar-refractivity contribution is -0.137. The molecule has 3 aromatic heterocycles. The number of benzene rings is 2. The van der Waals surface area contributed by atoms with Gasteiger partial charge in [-0.2, -0.15) is 23.4 Å². The summed E-state index contributed by atoms with van der Waals surface area (Å²) in [5.74, 6) is 0.883. The Labute approximate surface area is 179 Å². The summed E-state index contributed by atoms with van der Waals surface area (Å²) in [6.07, 6.45) is -4.44. The van der Waals surface area contributed by atoms with Crippen LogP contribution in [0, 0.1) is 18.3 Å². The zero-order chi connectivity index (χ0) is 22.5. The standard InChI is InChI=1S/C23H14F3N5O/c1-13-5-7-18-16(9-13)17-10-14(23(24,25)26)6-8-19(17)31(18)20-3-2-4-21(28-20)32-22-11-15(12-27)29-30-22/h2-11H,1H3,(H,29,30). The molecule has 0 unspecified atom stereocenters. The maximum absolute atomic E-state index is 13.3. The zero-order valence-corrected chi connectivity index (χ0v) is 16.6. The first-order valence-corrected chi connectivity index (χ1v) is 9.56. The van der Waals surface area contributed by atoms with Gasteiger partial charge in [-0.25, -0.2) is 0 Å². The Hall–Kier alpha value is -4.32. The van der Waals surface area contributed by atoms with Crippen molar-refractivity contribution < 1.29 is 17.9 Å². The number of nitrogens with zero attached hydrogens (tertiary/aromatic N) is 4. The van der Waals surface area contributed by atoms with Gasteiger partial charge in [0.2, 0.25) is 11.8 Å². The topological polar surface area (TPSA) is 79.5 Å². The molecule has 32 heavy (non-hydrogen) atoms. The molecule has 9 heteroatoms. The number of H-pyrrole nitrogens is 1. The molecular formula is C23H14F3N5O. The van der Waals surface area contributed by atoms with Crippen molar-refractivity contribution >= 4 is 21.8 Å². The molecule has 0 aliphatic heterocycles. The molecule has 5 rings (SSSR count). The number of nitriles is 1. The summed E-state index contributed by atoms with van der Waals surface area (Å²) < 4.78 is 47.5. The average molecular weight is 433 g/mol. The molecule has 0 radical (unpaired) electrons. The number of hydrogen-bond donors (Lipinski definition) is 1. The lowest BCUT2D eigenvalue weighted by Gasteiger charge is -2.10. The molecule has 0 saturated carbocycles. The van der Waals surface area contributed by atoms with Gasteiger partial charge in [0.15, 0.2) is 0 Å². The minimum absolute atomic E-state index is 0.180. The third-order valence-corrected chi connectivity index (χ3v) is 5.07. The molecule has 0 saturated heterocycles. The number of aryl methyl sites for hydroxylation is 1. The van der Waals surface area contributed by atoms with E-state index in [1.54, 1.807) is 22.8 Å². The van der Waals surface area contributed by atoms with Crippen LogP contribution in [0.2, 0.25) is 0 Å². The van der Waals surface area contributed by atoms with Gasteiger partial charge in [0.05, 0.1) is 16.6 Å². The van der Waals surface area contributed by atoms with E-state index in [2.05, 4.69) is 15.2 Å². The zero-order valence-electron chi connectivity index (χ0n) is 16.6. The summed E-state index contributed by atoms with van der Waals surface area (Å²) in [7, 11) is 0. The fourth-order valence-corrected chi connectivity index (χ4v) is 3.67. The van der Waals surface area contributed by atoms with Gasteiger partial charge < -0.3 is 4.74 Å². The summed E-state index contributed by atoms with van der Waals surface area (Å²) in [6, 6.07) is 17.8. The highest BCUT2D eigenvalue weighted by Crippen LogP contribution is 2.37. The number of fused-ring (bicyclic) bond motifs is 3. The van der Waals surface area contributed by atoms with Gasteiger partial charge in [-0.1, -0.05) is 17.7 Å². The van der Waals surface area contributed by atoms with Crippen molar-refractivity contribution in [1.29, 1.82) is 5.26 Å². The van der Waals surface area contributed by atoms with Crippen LogP contribution < -0.4 is 4.74 Å². The molecule has 0 fully saturated rings. The van der Waals surface area contributed by atoms with Crippen molar-refractivity contribution in [1.82, 2.24) is 19.7 Å². The number of alkyl halides is 3. The van der Waals surface area contributed by atoms with Gasteiger partial charge in [0.25, 0.3) is 0 Å². The molecule has 0 aliphatic rings. The highest BCUT2D eigenvalue weighted by molar-refractivity contribution is 6.09. The van der Waals surface area contributed by atoms with E-state index in [0.717, 1.165) is 17.1 Å². The van der Waals surface area contributed by atoms with Crippen molar-refractivity contribution in [2.24, 2.45) is 0 Å². The van der Waals surface area contributed by atoms with Crippen molar-refractivity contribution in [3.05, 3.63) is 77.5 Å². The second-order valence-corrected chi connectivity index (χ2v) is 7.25. The molecule has 3 heterocycles. The third-order valence-electron chi connectivity index (χ3n) is 5.07. The molecule has 158 valence electrons. The highest BCUT2D eigenvalue weighted by atomic mass is 19.4. The summed E-state index contributed by atoms with van der Waals surface area (Å²) in [5, 5.41) is 16.5. The fourth-order valence-electron chi connectivity index (χ4n) is 3.67. The third kappa shape index (κ3) is 3.32. The van der Waals surface area contributed by atoms with Crippen LogP contribution in [0.5, 0.6) is 11.8 Å². The Morgan fingerprint density at radius 2 is 1.72 bits per heavy atom. The summed E-state index contributed by atoms with van der Waals surface area (Å²) in [5.41, 5.74) is 1.79. The van der Waals surface area contributed by atoms with E-state index in [9.17, 15) is 13.2 Å². The van der Waals surface area contributed by atoms with Crippen LogP contribution in [0.1, 0.15) is 16.8 Å². The van der Waals surface area contributed by atoms with Crippen LogP contribution in [0.4, 0.5) is 13.2 Å². The summed E-state index contributed by atoms with van der Waals surface area (Å²) in [4.78, 5) is 4.52. The normalized spacial score (nSPS) is 11.7. The lowest BCUT2D eigenvalue weighted by atomic mass is 10.1. The predicted molar refractivity (Wildman–Crippen MR) is 112 cm³/mol. The summed E-state index contributed by atoms with van der Waals surface area (Å²) >= 11 is 0. The number of nitrogens with one attached hydrogen (secondary N) is 1. The van der Waals surface area contributed by atoms with E-state index < -0.39 is 11.7 Å². The van der Waals surface area contributed by atoms with Crippen LogP contribution in [0.25, 0.3) is 27.6 Å². The minimum atomic E-state index is -4.44. The summed E-state index contributed by atoms with van der Waals surface area (Å²) in [6.45, 7) is 1.89. The van der Waals surface area contributed by atoms with E-state index in [1.165, 1.54) is 18.2 Å². The van der Waals surface area contributed by atoms with Gasteiger partial charge >= 0.3 is 6.18 Å². The molecule has 5 aromatic rings. The SMILES string of the molecule is Cc1ccc2c(c1)c1cc(C(F)(F)F)ccc1n2-c1cccc(Oc2cc(C#N)[nH]n2)n1. The van der Waals surface area contributed by atoms with Gasteiger partial charge in [-0.05, 0) is 43.3 Å². The Kier molecular flexibility index (Phi) is 4.37. The van der Waals surface area contributed by atoms with E-state index in [0.29, 0.717) is 22.1 Å². The number of aromatic nitrogens is 4. The molecular weight excluding hydrogens is 419 g/mol. The molecule has 0 aliphatic carbocycles. The van der Waals surface area contributed by atoms with Crippen molar-refractivity contribution in [2.45, 2.75) is 13.1 Å². The molecule has 0 amide bonds. The molecule has 2 aromatic carbocycles. The first kappa shape index (κ1) is 19.6. The minimum Gasteiger partial charge on any atom is -0.419 e. The van der Waals surface area contributed by atoms with E-state index in [-0.39, 0.29) is 17.5 Å². The number of hydrogen-bond acceptors (Lipinski definition) is 4. The highest BCUT2D eigenvalue weighted by Gasteiger charge is 2.31. The molecule has 0 spiro atoms. The maximum Gasteiger partial charge on any atom is 0.416 e. The number of ether oxygens (including phenoxy) is 1. The van der Waals surface area contributed by atoms with Crippen molar-refractivity contribution in [3.63, 3.8) is 0 Å². The average Bonchev–Trinajstić information content (AvgIpc) is 3.34. The van der Waals surface area contributed by atoms with Crippen molar-refractivity contribution in [3.8, 4) is 23.6 Å². The Morgan fingerprint density at radius 1 is 0.969 bits per heavy atom. The van der Waals surface area contributed by atoms with Gasteiger partial charge in [-0.3, -0.25) is 9.67 Å². The Balaban J connectivity index is 1.69. The number of aromatic amines is 1. The Morgan fingerprint density at radius 3 is 2.44 bits per heavy atom. The van der Waals surface area contributed by atoms with Crippen molar-refractivity contribution in [2.75, 3.05) is 0 Å². The number of rotatable bonds is 3. The molecule has 6 nitrogen and oxygen atoms in total. The first-order valence-electron chi connectivity index (χ1n) is 9.56. The smallest absolute Gasteiger partial charge is 0.416 e. The fraction of sp³-hybridized carbons (Fsp3) is 0.0870. The monoisotopic (exact) mass is 433 g/mol. The quantitative estimate of drug-likeness (QED) is 0.385. The van der Waals surface area contributed by atoms with Gasteiger partial charge in [0, 0.05) is 22.9 Å². The maximum atomic E-state index is 13.3. The first-order chi connectivity index (χ1) is 15.3. The van der Waals surface area contributed by atoms with Crippen LogP contribution in [-0.2, 0) is 6.18 Å². The van der Waals surface area contributed by atoms with Gasteiger partial charge in [-0.15, -0.1) is 5.10 Å². The second kappa shape index (κ2) is 7.13. The second-order valence-electron chi connectivity index (χ2n) is 7.25. The van der Waals surface area contributed by atoms with Crippen LogP contribution >= 0.6 is 0 Å². The van der Waals surface area contributed by atoms with Crippen LogP contribution in [-0.4, -0.2) is 19.7 Å². The van der Waals surface area contributed by atoms with E-state index in [4.69, 9.17) is 10.00 Å². The lowest BCUT2D eigenvalue weighted by Crippen LogP contribution is -2.04. The molecule has 0 atom stereocenters. The van der Waals surface area contributed by atoms with Crippen LogP contribution in [0.3, 0.4) is 0 Å². The molecule has 1 N–H and O–H groups in total. The van der Waals surface area contributed by atoms with E-state index >= 15 is 0 Å². The molecule has 0 bridgehead atoms. The predicted octanol–water partition coefficient (Wildman–Crippen LogP) is 5.89.